The van der Waals surface area contributed by atoms with Crippen LogP contribution in [-0.2, 0) is 19.5 Å². The molecule has 2 aromatic carbocycles. The zero-order valence-electron chi connectivity index (χ0n) is 19.8. The second kappa shape index (κ2) is 9.46. The number of nitrogens with one attached hydrogen (secondary N) is 1. The number of hydrogen-bond donors (Lipinski definition) is 2. The van der Waals surface area contributed by atoms with E-state index in [4.69, 9.17) is 4.74 Å². The number of phenolic OH excluding ortho intramolecular Hbond substituents is 1. The number of aryl methyl sites for hydroxylation is 1. The van der Waals surface area contributed by atoms with Gasteiger partial charge in [0, 0.05) is 37.7 Å². The molecule has 0 unspecified atom stereocenters. The largest absolute Gasteiger partial charge is 0.507 e. The van der Waals surface area contributed by atoms with Gasteiger partial charge in [-0.2, -0.15) is 0 Å². The second-order valence-electron chi connectivity index (χ2n) is 9.12. The van der Waals surface area contributed by atoms with Gasteiger partial charge >= 0.3 is 0 Å². The Bertz CT molecular complexity index is 1240. The maximum Gasteiger partial charge on any atom is 0.296 e. The summed E-state index contributed by atoms with van der Waals surface area (Å²) in [6.45, 7) is 7.54. The number of fused-ring (bicyclic) bond motifs is 1. The van der Waals surface area contributed by atoms with Crippen molar-refractivity contribution in [3.05, 3.63) is 63.4 Å². The molecule has 1 aromatic heterocycles. The van der Waals surface area contributed by atoms with Crippen molar-refractivity contribution in [2.75, 3.05) is 25.0 Å². The summed E-state index contributed by atoms with van der Waals surface area (Å²) in [5, 5.41) is 23.0. The quantitative estimate of drug-likeness (QED) is 0.582. The van der Waals surface area contributed by atoms with Crippen LogP contribution in [0.1, 0.15) is 36.5 Å². The molecule has 8 heteroatoms. The predicted octanol–water partition coefficient (Wildman–Crippen LogP) is 3.35. The summed E-state index contributed by atoms with van der Waals surface area (Å²) in [5.41, 5.74) is 3.19. The lowest BCUT2D eigenvalue weighted by atomic mass is 10.0. The highest BCUT2D eigenvalue weighted by molar-refractivity contribution is 5.73. The Kier molecular flexibility index (Phi) is 6.24. The van der Waals surface area contributed by atoms with Gasteiger partial charge in [-0.15, -0.1) is 10.2 Å². The molecule has 5 rings (SSSR count). The topological polar surface area (TPSA) is 92.5 Å². The van der Waals surface area contributed by atoms with Crippen LogP contribution >= 0.6 is 0 Å². The maximum absolute atomic E-state index is 13.4. The summed E-state index contributed by atoms with van der Waals surface area (Å²) < 4.78 is 7.19. The van der Waals surface area contributed by atoms with Crippen molar-refractivity contribution in [1.29, 1.82) is 0 Å². The number of rotatable bonds is 6. The Balaban J connectivity index is 1.39. The van der Waals surface area contributed by atoms with Gasteiger partial charge in [0.25, 0.3) is 5.56 Å². The van der Waals surface area contributed by atoms with E-state index in [9.17, 15) is 9.90 Å². The lowest BCUT2D eigenvalue weighted by Gasteiger charge is -2.33. The molecule has 3 heterocycles. The second-order valence-corrected chi connectivity index (χ2v) is 9.12. The molecule has 178 valence electrons. The van der Waals surface area contributed by atoms with Crippen molar-refractivity contribution < 1.29 is 9.84 Å². The summed E-state index contributed by atoms with van der Waals surface area (Å²) in [6, 6.07) is 12.5. The molecule has 1 fully saturated rings. The summed E-state index contributed by atoms with van der Waals surface area (Å²) in [5.74, 6) is 1.48. The molecule has 1 saturated heterocycles. The molecule has 34 heavy (non-hydrogen) atoms. The molecule has 2 N–H and O–H groups in total. The van der Waals surface area contributed by atoms with E-state index in [2.05, 4.69) is 44.7 Å². The Morgan fingerprint density at radius 1 is 1.24 bits per heavy atom. The van der Waals surface area contributed by atoms with E-state index in [0.717, 1.165) is 43.6 Å². The fourth-order valence-electron chi connectivity index (χ4n) is 5.06. The van der Waals surface area contributed by atoms with Crippen molar-refractivity contribution in [2.45, 2.75) is 52.2 Å². The number of ether oxygens (including phenoxy) is 1. The molecule has 1 atom stereocenters. The molecule has 0 saturated carbocycles. The third-order valence-corrected chi connectivity index (χ3v) is 6.75. The first-order chi connectivity index (χ1) is 16.5. The van der Waals surface area contributed by atoms with Crippen LogP contribution in [0.25, 0.3) is 11.4 Å². The summed E-state index contributed by atoms with van der Waals surface area (Å²) >= 11 is 0. The average Bonchev–Trinajstić information content (AvgIpc) is 3.30. The van der Waals surface area contributed by atoms with Crippen LogP contribution in [-0.4, -0.2) is 50.5 Å². The van der Waals surface area contributed by atoms with Gasteiger partial charge in [0.2, 0.25) is 5.82 Å². The number of benzene rings is 2. The summed E-state index contributed by atoms with van der Waals surface area (Å²) in [6.07, 6.45) is 2.67. The Morgan fingerprint density at radius 2 is 2.06 bits per heavy atom. The summed E-state index contributed by atoms with van der Waals surface area (Å²) in [4.78, 5) is 15.8. The van der Waals surface area contributed by atoms with Crippen LogP contribution in [0.3, 0.4) is 0 Å². The Hall–Kier alpha value is -3.39. The number of hydrogen-bond acceptors (Lipinski definition) is 7. The minimum absolute atomic E-state index is 0.128. The number of likely N-dealkylation sites (tertiary alicyclic amines) is 1. The SMILES string of the molecule is CCn1c(-c2c(C)cc3c(c2O)CCO3)nnc(N[C@@H]2CCCN(Cc3ccccc3)C2)c1=O. The van der Waals surface area contributed by atoms with Gasteiger partial charge in [0.05, 0.1) is 12.2 Å². The van der Waals surface area contributed by atoms with Crippen molar-refractivity contribution in [2.24, 2.45) is 0 Å². The average molecular weight is 462 g/mol. The van der Waals surface area contributed by atoms with E-state index < -0.39 is 0 Å². The highest BCUT2D eigenvalue weighted by Crippen LogP contribution is 2.42. The predicted molar refractivity (Wildman–Crippen MR) is 131 cm³/mol. The van der Waals surface area contributed by atoms with E-state index in [1.165, 1.54) is 5.56 Å². The van der Waals surface area contributed by atoms with Crippen LogP contribution in [0.4, 0.5) is 5.82 Å². The lowest BCUT2D eigenvalue weighted by molar-refractivity contribution is 0.208. The molecule has 0 aliphatic carbocycles. The molecule has 0 spiro atoms. The van der Waals surface area contributed by atoms with Crippen molar-refractivity contribution in [1.82, 2.24) is 19.7 Å². The van der Waals surface area contributed by atoms with Crippen LogP contribution in [0.5, 0.6) is 11.5 Å². The minimum atomic E-state index is -0.219. The Morgan fingerprint density at radius 3 is 2.85 bits per heavy atom. The van der Waals surface area contributed by atoms with Crippen molar-refractivity contribution in [3.8, 4) is 22.9 Å². The molecule has 0 radical (unpaired) electrons. The van der Waals surface area contributed by atoms with Crippen LogP contribution in [0, 0.1) is 6.92 Å². The number of phenols is 1. The molecule has 3 aromatic rings. The monoisotopic (exact) mass is 461 g/mol. The van der Waals surface area contributed by atoms with Gasteiger partial charge < -0.3 is 15.2 Å². The minimum Gasteiger partial charge on any atom is -0.507 e. The van der Waals surface area contributed by atoms with Gasteiger partial charge in [0.1, 0.15) is 11.5 Å². The third kappa shape index (κ3) is 4.25. The molecule has 8 nitrogen and oxygen atoms in total. The fraction of sp³-hybridized carbons (Fsp3) is 0.423. The number of piperidine rings is 1. The molecular weight excluding hydrogens is 430 g/mol. The standard InChI is InChI=1S/C26H31N5O3/c1-3-31-25(22-17(2)14-21-20(23(22)32)11-13-34-21)29-28-24(26(31)33)27-19-10-7-12-30(16-19)15-18-8-5-4-6-9-18/h4-6,8-9,14,19,32H,3,7,10-13,15-16H2,1-2H3,(H,27,28)/t19-/m1/s1. The van der Waals surface area contributed by atoms with Gasteiger partial charge in [0.15, 0.2) is 5.82 Å². The number of nitrogens with zero attached hydrogens (tertiary/aromatic N) is 4. The molecular formula is C26H31N5O3. The van der Waals surface area contributed by atoms with Gasteiger partial charge in [-0.05, 0) is 50.4 Å². The highest BCUT2D eigenvalue weighted by Gasteiger charge is 2.26. The van der Waals surface area contributed by atoms with E-state index in [1.54, 1.807) is 4.57 Å². The number of aromatic hydroxyl groups is 1. The first-order valence-corrected chi connectivity index (χ1v) is 12.0. The van der Waals surface area contributed by atoms with Gasteiger partial charge in [-0.25, -0.2) is 0 Å². The van der Waals surface area contributed by atoms with Crippen molar-refractivity contribution >= 4 is 5.82 Å². The van der Waals surface area contributed by atoms with Gasteiger partial charge in [-0.1, -0.05) is 30.3 Å². The van der Waals surface area contributed by atoms with Gasteiger partial charge in [-0.3, -0.25) is 14.3 Å². The first-order valence-electron chi connectivity index (χ1n) is 12.0. The Labute approximate surface area is 199 Å². The maximum atomic E-state index is 13.4. The van der Waals surface area contributed by atoms with Crippen molar-refractivity contribution in [3.63, 3.8) is 0 Å². The number of anilines is 1. The molecule has 0 bridgehead atoms. The lowest BCUT2D eigenvalue weighted by Crippen LogP contribution is -2.43. The highest BCUT2D eigenvalue weighted by atomic mass is 16.5. The number of aromatic nitrogens is 3. The van der Waals surface area contributed by atoms with E-state index in [-0.39, 0.29) is 23.2 Å². The third-order valence-electron chi connectivity index (χ3n) is 6.75. The zero-order chi connectivity index (χ0) is 23.7. The molecule has 0 amide bonds. The van der Waals surface area contributed by atoms with E-state index >= 15 is 0 Å². The molecule has 2 aliphatic heterocycles. The first kappa shape index (κ1) is 22.4. The fourth-order valence-corrected chi connectivity index (χ4v) is 5.06. The van der Waals surface area contributed by atoms with Crippen LogP contribution in [0.15, 0.2) is 41.2 Å². The normalized spacial score (nSPS) is 17.9. The zero-order valence-corrected chi connectivity index (χ0v) is 19.8. The van der Waals surface area contributed by atoms with Crippen LogP contribution in [0.2, 0.25) is 0 Å². The van der Waals surface area contributed by atoms with E-state index in [1.807, 2.05) is 26.0 Å². The van der Waals surface area contributed by atoms with E-state index in [0.29, 0.717) is 36.7 Å². The smallest absolute Gasteiger partial charge is 0.296 e. The molecule has 2 aliphatic rings. The summed E-state index contributed by atoms with van der Waals surface area (Å²) in [7, 11) is 0. The van der Waals surface area contributed by atoms with Crippen LogP contribution < -0.4 is 15.6 Å².